The van der Waals surface area contributed by atoms with Gasteiger partial charge in [-0.2, -0.15) is 0 Å². The van der Waals surface area contributed by atoms with Crippen molar-refractivity contribution in [1.29, 1.82) is 0 Å². The first-order chi connectivity index (χ1) is 13.3. The molecule has 2 aliphatic rings. The molecule has 2 aromatic carbocycles. The highest BCUT2D eigenvalue weighted by molar-refractivity contribution is 7.99. The number of ether oxygens (including phenoxy) is 3. The van der Waals surface area contributed by atoms with Crippen LogP contribution in [-0.4, -0.2) is 41.5 Å². The van der Waals surface area contributed by atoms with Crippen LogP contribution in [0, 0.1) is 0 Å². The maximum absolute atomic E-state index is 10.9. The van der Waals surface area contributed by atoms with E-state index in [9.17, 15) is 5.11 Å². The van der Waals surface area contributed by atoms with Gasteiger partial charge in [0.2, 0.25) is 0 Å². The molecule has 2 aliphatic heterocycles. The summed E-state index contributed by atoms with van der Waals surface area (Å²) in [6.07, 6.45) is -2.65. The van der Waals surface area contributed by atoms with Crippen LogP contribution >= 0.6 is 11.8 Å². The lowest BCUT2D eigenvalue weighted by atomic mass is 9.97. The summed E-state index contributed by atoms with van der Waals surface area (Å²) in [6, 6.07) is 18.4. The number of hydrogen-bond donors (Lipinski definition) is 1. The van der Waals surface area contributed by atoms with E-state index >= 15 is 0 Å². The number of nitrogens with zero attached hydrogens (tertiary/aromatic N) is 3. The molecule has 0 spiro atoms. The fourth-order valence-electron chi connectivity index (χ4n) is 3.27. The molecular weight excluding hydrogens is 366 g/mol. The highest BCUT2D eigenvalue weighted by Gasteiger charge is 2.49. The van der Waals surface area contributed by atoms with Crippen molar-refractivity contribution < 1.29 is 19.3 Å². The van der Waals surface area contributed by atoms with Crippen LogP contribution in [0.1, 0.15) is 11.9 Å². The Morgan fingerprint density at radius 1 is 1.04 bits per heavy atom. The first-order valence-electron chi connectivity index (χ1n) is 8.68. The molecule has 6 atom stereocenters. The Morgan fingerprint density at radius 3 is 2.44 bits per heavy atom. The van der Waals surface area contributed by atoms with Gasteiger partial charge in [0.15, 0.2) is 6.29 Å². The fraction of sp³-hybridized carbons (Fsp3) is 0.368. The van der Waals surface area contributed by atoms with Gasteiger partial charge in [0.1, 0.15) is 23.7 Å². The predicted octanol–water partition coefficient (Wildman–Crippen LogP) is 3.66. The van der Waals surface area contributed by atoms with E-state index in [1.54, 1.807) is 0 Å². The summed E-state index contributed by atoms with van der Waals surface area (Å²) in [7, 11) is 0. The van der Waals surface area contributed by atoms with E-state index in [2.05, 4.69) is 10.0 Å². The molecule has 2 fully saturated rings. The number of aliphatic hydroxyl groups excluding tert-OH is 1. The molecule has 0 bridgehead atoms. The molecule has 0 aliphatic carbocycles. The molecule has 0 aromatic heterocycles. The van der Waals surface area contributed by atoms with Crippen LogP contribution in [0.25, 0.3) is 10.4 Å². The van der Waals surface area contributed by atoms with Crippen LogP contribution < -0.4 is 0 Å². The van der Waals surface area contributed by atoms with Crippen LogP contribution in [-0.2, 0) is 14.2 Å². The van der Waals surface area contributed by atoms with Crippen molar-refractivity contribution in [3.8, 4) is 0 Å². The molecular formula is C19H19N3O4S. The first-order valence-corrected chi connectivity index (χ1v) is 9.55. The summed E-state index contributed by atoms with van der Waals surface area (Å²) in [6.45, 7) is 0.288. The van der Waals surface area contributed by atoms with Crippen molar-refractivity contribution >= 4 is 11.8 Å². The lowest BCUT2D eigenvalue weighted by Gasteiger charge is -2.46. The third-order valence-corrected chi connectivity index (χ3v) is 5.75. The lowest BCUT2D eigenvalue weighted by molar-refractivity contribution is -0.305. The van der Waals surface area contributed by atoms with Crippen LogP contribution in [0.15, 0.2) is 70.7 Å². The average molecular weight is 385 g/mol. The second-order valence-electron chi connectivity index (χ2n) is 6.34. The summed E-state index contributed by atoms with van der Waals surface area (Å²) in [4.78, 5) is 3.87. The number of rotatable bonds is 4. The van der Waals surface area contributed by atoms with Crippen LogP contribution in [0.5, 0.6) is 0 Å². The Bertz CT molecular complexity index is 803. The molecule has 27 heavy (non-hydrogen) atoms. The smallest absolute Gasteiger partial charge is 0.184 e. The van der Waals surface area contributed by atoms with Crippen molar-refractivity contribution in [1.82, 2.24) is 0 Å². The summed E-state index contributed by atoms with van der Waals surface area (Å²) in [5.74, 6) is 0. The van der Waals surface area contributed by atoms with Gasteiger partial charge < -0.3 is 19.3 Å². The van der Waals surface area contributed by atoms with Crippen molar-refractivity contribution in [2.24, 2.45) is 5.11 Å². The van der Waals surface area contributed by atoms with Gasteiger partial charge in [-0.25, -0.2) is 0 Å². The maximum Gasteiger partial charge on any atom is 0.184 e. The summed E-state index contributed by atoms with van der Waals surface area (Å²) >= 11 is 1.41. The normalized spacial score (nSPS) is 32.9. The average Bonchev–Trinajstić information content (AvgIpc) is 2.72. The van der Waals surface area contributed by atoms with Gasteiger partial charge in [-0.3, -0.25) is 0 Å². The Hall–Kier alpha value is -2.06. The maximum atomic E-state index is 10.9. The van der Waals surface area contributed by atoms with Crippen molar-refractivity contribution in [2.45, 2.75) is 41.0 Å². The second-order valence-corrected chi connectivity index (χ2v) is 7.51. The number of thioether (sulfide) groups is 1. The van der Waals surface area contributed by atoms with Gasteiger partial charge in [-0.05, 0) is 17.7 Å². The highest BCUT2D eigenvalue weighted by atomic mass is 32.2. The van der Waals surface area contributed by atoms with Gasteiger partial charge in [-0.1, -0.05) is 65.4 Å². The summed E-state index contributed by atoms with van der Waals surface area (Å²) in [5.41, 5.74) is 9.30. The Labute approximate surface area is 160 Å². The molecule has 4 rings (SSSR count). The van der Waals surface area contributed by atoms with Crippen LogP contribution in [0.2, 0.25) is 0 Å². The highest BCUT2D eigenvalue weighted by Crippen LogP contribution is 2.39. The molecule has 0 saturated carbocycles. The lowest BCUT2D eigenvalue weighted by Crippen LogP contribution is -2.60. The second kappa shape index (κ2) is 8.31. The minimum Gasteiger partial charge on any atom is -0.390 e. The molecule has 2 saturated heterocycles. The zero-order valence-corrected chi connectivity index (χ0v) is 15.2. The Kier molecular flexibility index (Phi) is 5.63. The van der Waals surface area contributed by atoms with E-state index in [1.807, 2.05) is 60.7 Å². The molecule has 2 heterocycles. The predicted molar refractivity (Wildman–Crippen MR) is 99.9 cm³/mol. The van der Waals surface area contributed by atoms with E-state index in [0.29, 0.717) is 0 Å². The number of azide groups is 1. The third-order valence-electron chi connectivity index (χ3n) is 4.59. The Morgan fingerprint density at radius 2 is 1.74 bits per heavy atom. The molecule has 1 N–H and O–H groups in total. The largest absolute Gasteiger partial charge is 0.390 e. The third kappa shape index (κ3) is 3.96. The molecule has 140 valence electrons. The molecule has 8 heteroatoms. The number of hydrogen-bond acceptors (Lipinski definition) is 6. The monoisotopic (exact) mass is 385 g/mol. The quantitative estimate of drug-likeness (QED) is 0.492. The SMILES string of the molecule is [N-]=[N+]=NC1[C@@H](O)[C@H]2O[C@@H](c3ccccc3)OCC2O[C@H]1Sc1ccccc1. The van der Waals surface area contributed by atoms with Gasteiger partial charge in [-0.15, -0.1) is 0 Å². The van der Waals surface area contributed by atoms with E-state index in [1.165, 1.54) is 11.8 Å². The van der Waals surface area contributed by atoms with E-state index in [4.69, 9.17) is 19.7 Å². The standard InChI is InChI=1S/C19H19N3O4S/c20-22-21-15-16(23)17-14(25-19(15)27-13-9-5-2-6-10-13)11-24-18(26-17)12-7-3-1-4-8-12/h1-10,14-19,23H,11H2/t14?,15?,16-,17+,18+,19+/m1/s1. The van der Waals surface area contributed by atoms with Gasteiger partial charge in [0.25, 0.3) is 0 Å². The van der Waals surface area contributed by atoms with E-state index in [-0.39, 0.29) is 6.61 Å². The van der Waals surface area contributed by atoms with Gasteiger partial charge in [0, 0.05) is 15.4 Å². The number of fused-ring (bicyclic) bond motifs is 1. The van der Waals surface area contributed by atoms with E-state index < -0.39 is 36.1 Å². The first kappa shape index (κ1) is 18.3. The Balaban J connectivity index is 1.53. The zero-order valence-electron chi connectivity index (χ0n) is 14.4. The zero-order chi connectivity index (χ0) is 18.6. The molecule has 0 amide bonds. The number of benzene rings is 2. The summed E-state index contributed by atoms with van der Waals surface area (Å²) in [5, 5.41) is 14.7. The molecule has 7 nitrogen and oxygen atoms in total. The van der Waals surface area contributed by atoms with Crippen molar-refractivity contribution in [2.75, 3.05) is 6.61 Å². The van der Waals surface area contributed by atoms with Crippen molar-refractivity contribution in [3.63, 3.8) is 0 Å². The minimum absolute atomic E-state index is 0.288. The molecule has 0 radical (unpaired) electrons. The molecule has 2 unspecified atom stereocenters. The van der Waals surface area contributed by atoms with Crippen LogP contribution in [0.4, 0.5) is 0 Å². The minimum atomic E-state index is -0.990. The topological polar surface area (TPSA) is 96.7 Å². The van der Waals surface area contributed by atoms with Gasteiger partial charge in [0.05, 0.1) is 12.7 Å². The molecule has 2 aromatic rings. The van der Waals surface area contributed by atoms with Crippen LogP contribution in [0.3, 0.4) is 0 Å². The number of aliphatic hydroxyl groups is 1. The summed E-state index contributed by atoms with van der Waals surface area (Å²) < 4.78 is 17.9. The van der Waals surface area contributed by atoms with Gasteiger partial charge >= 0.3 is 0 Å². The fourth-order valence-corrected chi connectivity index (χ4v) is 4.41. The van der Waals surface area contributed by atoms with Crippen molar-refractivity contribution in [3.05, 3.63) is 76.7 Å². The van der Waals surface area contributed by atoms with E-state index in [0.717, 1.165) is 10.5 Å².